The molecule has 1 aromatic rings. The maximum Gasteiger partial charge on any atom is 0.320 e. The molecular formula is C19H29BrN2O2. The number of halogens is 1. The lowest BCUT2D eigenvalue weighted by Gasteiger charge is -2.44. The third-order valence-electron chi connectivity index (χ3n) is 4.47. The molecule has 134 valence electrons. The first kappa shape index (κ1) is 19.4. The summed E-state index contributed by atoms with van der Waals surface area (Å²) in [5, 5.41) is 0. The van der Waals surface area contributed by atoms with E-state index < -0.39 is 5.60 Å². The van der Waals surface area contributed by atoms with Crippen LogP contribution in [0.2, 0.25) is 0 Å². The normalized spacial score (nSPS) is 17.8. The number of ether oxygens (including phenoxy) is 1. The smallest absolute Gasteiger partial charge is 0.320 e. The second-order valence-corrected chi connectivity index (χ2v) is 8.83. The van der Waals surface area contributed by atoms with Crippen molar-refractivity contribution in [1.29, 1.82) is 0 Å². The molecule has 0 unspecified atom stereocenters. The maximum absolute atomic E-state index is 12.0. The fourth-order valence-electron chi connectivity index (χ4n) is 3.07. The Bertz CT molecular complexity index is 573. The number of piperazine rings is 1. The number of carbonyl (C=O) groups excluding carboxylic acids is 1. The highest BCUT2D eigenvalue weighted by Gasteiger charge is 2.32. The number of carbonyl (C=O) groups is 1. The minimum absolute atomic E-state index is 0.0260. The third-order valence-corrected chi connectivity index (χ3v) is 4.96. The Hall–Kier alpha value is -0.910. The second kappa shape index (κ2) is 7.54. The molecule has 1 aromatic carbocycles. The summed E-state index contributed by atoms with van der Waals surface area (Å²) in [6.45, 7) is 14.3. The Morgan fingerprint density at radius 3 is 2.29 bits per heavy atom. The molecular weight excluding hydrogens is 368 g/mol. The van der Waals surface area contributed by atoms with Crippen molar-refractivity contribution in [2.75, 3.05) is 32.7 Å². The number of benzene rings is 1. The van der Waals surface area contributed by atoms with Gasteiger partial charge in [-0.1, -0.05) is 28.1 Å². The minimum atomic E-state index is -0.415. The Kier molecular flexibility index (Phi) is 6.10. The summed E-state index contributed by atoms with van der Waals surface area (Å²) >= 11 is 3.56. The van der Waals surface area contributed by atoms with Gasteiger partial charge in [0.2, 0.25) is 0 Å². The molecule has 0 N–H and O–H groups in total. The van der Waals surface area contributed by atoms with Crippen molar-refractivity contribution in [2.24, 2.45) is 0 Å². The largest absolute Gasteiger partial charge is 0.459 e. The van der Waals surface area contributed by atoms with Crippen molar-refractivity contribution >= 4 is 21.9 Å². The zero-order chi connectivity index (χ0) is 18.0. The molecule has 1 saturated heterocycles. The van der Waals surface area contributed by atoms with E-state index in [1.54, 1.807) is 0 Å². The lowest BCUT2D eigenvalue weighted by atomic mass is 9.91. The molecule has 1 aliphatic heterocycles. The second-order valence-electron chi connectivity index (χ2n) is 7.92. The van der Waals surface area contributed by atoms with Crippen molar-refractivity contribution in [1.82, 2.24) is 9.80 Å². The van der Waals surface area contributed by atoms with Crippen LogP contribution in [0.3, 0.4) is 0 Å². The SMILES string of the molecule is CC(C)(C)OC(=O)CN1CCN(C(C)(C)c2cccc(Br)c2)CC1. The lowest BCUT2D eigenvalue weighted by molar-refractivity contribution is -0.156. The molecule has 4 nitrogen and oxygen atoms in total. The quantitative estimate of drug-likeness (QED) is 0.727. The van der Waals surface area contributed by atoms with Gasteiger partial charge in [-0.15, -0.1) is 0 Å². The lowest BCUT2D eigenvalue weighted by Crippen LogP contribution is -2.54. The summed E-state index contributed by atoms with van der Waals surface area (Å²) in [4.78, 5) is 16.7. The van der Waals surface area contributed by atoms with Gasteiger partial charge in [0.25, 0.3) is 0 Å². The van der Waals surface area contributed by atoms with Gasteiger partial charge in [0.1, 0.15) is 5.60 Å². The predicted molar refractivity (Wildman–Crippen MR) is 101 cm³/mol. The van der Waals surface area contributed by atoms with Crippen molar-refractivity contribution in [3.63, 3.8) is 0 Å². The summed E-state index contributed by atoms with van der Waals surface area (Å²) in [6, 6.07) is 8.50. The topological polar surface area (TPSA) is 32.8 Å². The van der Waals surface area contributed by atoms with Crippen LogP contribution in [-0.4, -0.2) is 54.1 Å². The van der Waals surface area contributed by atoms with E-state index in [4.69, 9.17) is 4.74 Å². The minimum Gasteiger partial charge on any atom is -0.459 e. The van der Waals surface area contributed by atoms with E-state index >= 15 is 0 Å². The molecule has 0 saturated carbocycles. The van der Waals surface area contributed by atoms with Crippen molar-refractivity contribution in [2.45, 2.75) is 45.8 Å². The Morgan fingerprint density at radius 2 is 1.75 bits per heavy atom. The van der Waals surface area contributed by atoms with Gasteiger partial charge in [-0.3, -0.25) is 14.6 Å². The Balaban J connectivity index is 1.91. The first-order valence-corrected chi connectivity index (χ1v) is 9.32. The maximum atomic E-state index is 12.0. The van der Waals surface area contributed by atoms with Crippen molar-refractivity contribution in [3.8, 4) is 0 Å². The van der Waals surface area contributed by atoms with E-state index in [1.807, 2.05) is 20.8 Å². The van der Waals surface area contributed by atoms with Gasteiger partial charge >= 0.3 is 5.97 Å². The van der Waals surface area contributed by atoms with Gasteiger partial charge in [-0.05, 0) is 52.3 Å². The van der Waals surface area contributed by atoms with Crippen LogP contribution in [0.25, 0.3) is 0 Å². The summed E-state index contributed by atoms with van der Waals surface area (Å²) in [5.41, 5.74) is 0.862. The molecule has 0 aliphatic carbocycles. The Morgan fingerprint density at radius 1 is 1.12 bits per heavy atom. The fourth-order valence-corrected chi connectivity index (χ4v) is 3.47. The molecule has 0 amide bonds. The summed E-state index contributed by atoms with van der Waals surface area (Å²) in [6.07, 6.45) is 0. The number of esters is 1. The van der Waals surface area contributed by atoms with Crippen molar-refractivity contribution < 1.29 is 9.53 Å². The average molecular weight is 397 g/mol. The van der Waals surface area contributed by atoms with E-state index in [0.29, 0.717) is 6.54 Å². The standard InChI is InChI=1S/C19H29BrN2O2/c1-18(2,3)24-17(23)14-21-9-11-22(12-10-21)19(4,5)15-7-6-8-16(20)13-15/h6-8,13H,9-12,14H2,1-5H3. The molecule has 5 heteroatoms. The molecule has 1 heterocycles. The van der Waals surface area contributed by atoms with Crippen LogP contribution < -0.4 is 0 Å². The van der Waals surface area contributed by atoms with Gasteiger partial charge in [0.15, 0.2) is 0 Å². The van der Waals surface area contributed by atoms with Crippen LogP contribution in [0.4, 0.5) is 0 Å². The molecule has 1 aliphatic rings. The van der Waals surface area contributed by atoms with E-state index in [-0.39, 0.29) is 11.5 Å². The fraction of sp³-hybridized carbons (Fsp3) is 0.632. The number of hydrogen-bond acceptors (Lipinski definition) is 4. The van der Waals surface area contributed by atoms with Crippen LogP contribution in [0, 0.1) is 0 Å². The zero-order valence-corrected chi connectivity index (χ0v) is 17.0. The van der Waals surface area contributed by atoms with E-state index in [2.05, 4.69) is 63.8 Å². The van der Waals surface area contributed by atoms with Gasteiger partial charge in [0.05, 0.1) is 6.54 Å². The van der Waals surface area contributed by atoms with Crippen LogP contribution in [0.5, 0.6) is 0 Å². The van der Waals surface area contributed by atoms with Crippen LogP contribution >= 0.6 is 15.9 Å². The van der Waals surface area contributed by atoms with E-state index in [1.165, 1.54) is 5.56 Å². The Labute approximate surface area is 154 Å². The van der Waals surface area contributed by atoms with E-state index in [0.717, 1.165) is 30.7 Å². The molecule has 0 bridgehead atoms. The molecule has 0 radical (unpaired) electrons. The van der Waals surface area contributed by atoms with Crippen LogP contribution in [0.1, 0.15) is 40.2 Å². The molecule has 0 aromatic heterocycles. The van der Waals surface area contributed by atoms with Crippen molar-refractivity contribution in [3.05, 3.63) is 34.3 Å². The van der Waals surface area contributed by atoms with E-state index in [9.17, 15) is 4.79 Å². The highest BCUT2D eigenvalue weighted by atomic mass is 79.9. The molecule has 2 rings (SSSR count). The average Bonchev–Trinajstić information content (AvgIpc) is 2.45. The molecule has 24 heavy (non-hydrogen) atoms. The van der Waals surface area contributed by atoms with Gasteiger partial charge < -0.3 is 4.74 Å². The van der Waals surface area contributed by atoms with Crippen LogP contribution in [-0.2, 0) is 15.1 Å². The molecule has 0 atom stereocenters. The summed E-state index contributed by atoms with van der Waals surface area (Å²) in [5.74, 6) is -0.137. The summed E-state index contributed by atoms with van der Waals surface area (Å²) in [7, 11) is 0. The first-order chi connectivity index (χ1) is 11.1. The first-order valence-electron chi connectivity index (χ1n) is 8.53. The molecule has 1 fully saturated rings. The number of rotatable bonds is 4. The number of nitrogens with zero attached hydrogens (tertiary/aromatic N) is 2. The van der Waals surface area contributed by atoms with Gasteiger partial charge in [0, 0.05) is 36.2 Å². The van der Waals surface area contributed by atoms with Crippen LogP contribution in [0.15, 0.2) is 28.7 Å². The highest BCUT2D eigenvalue weighted by molar-refractivity contribution is 9.10. The predicted octanol–water partition coefficient (Wildman–Crippen LogP) is 3.64. The zero-order valence-electron chi connectivity index (χ0n) is 15.4. The monoisotopic (exact) mass is 396 g/mol. The third kappa shape index (κ3) is 5.30. The molecule has 0 spiro atoms. The van der Waals surface area contributed by atoms with Gasteiger partial charge in [-0.2, -0.15) is 0 Å². The number of hydrogen-bond donors (Lipinski definition) is 0. The summed E-state index contributed by atoms with van der Waals surface area (Å²) < 4.78 is 6.53. The van der Waals surface area contributed by atoms with Gasteiger partial charge in [-0.25, -0.2) is 0 Å². The highest BCUT2D eigenvalue weighted by Crippen LogP contribution is 2.30.